The summed E-state index contributed by atoms with van der Waals surface area (Å²) < 4.78 is 16.3. The molecule has 0 bridgehead atoms. The second-order valence-electron chi connectivity index (χ2n) is 9.39. The van der Waals surface area contributed by atoms with Crippen LogP contribution in [0, 0.1) is 0 Å². The van der Waals surface area contributed by atoms with Crippen LogP contribution in [0.5, 0.6) is 17.2 Å². The van der Waals surface area contributed by atoms with Gasteiger partial charge < -0.3 is 29.7 Å². The van der Waals surface area contributed by atoms with Gasteiger partial charge in [0, 0.05) is 13.1 Å². The topological polar surface area (TPSA) is 106 Å². The maximum atomic E-state index is 13.0. The number of ether oxygens (including phenoxy) is 3. The van der Waals surface area contributed by atoms with E-state index in [2.05, 4.69) is 17.6 Å². The second-order valence-corrected chi connectivity index (χ2v) is 9.39. The normalized spacial score (nSPS) is 15.2. The van der Waals surface area contributed by atoms with Crippen LogP contribution in [0.1, 0.15) is 51.0 Å². The lowest BCUT2D eigenvalue weighted by molar-refractivity contribution is -0.146. The van der Waals surface area contributed by atoms with E-state index < -0.39 is 6.04 Å². The molecule has 0 aromatic heterocycles. The van der Waals surface area contributed by atoms with E-state index in [4.69, 9.17) is 14.2 Å². The highest BCUT2D eigenvalue weighted by molar-refractivity contribution is 5.97. The molecule has 0 saturated carbocycles. The fourth-order valence-corrected chi connectivity index (χ4v) is 4.53. The highest BCUT2D eigenvalue weighted by atomic mass is 16.5. The Labute approximate surface area is 224 Å². The summed E-state index contributed by atoms with van der Waals surface area (Å²) in [6, 6.07) is 10.6. The van der Waals surface area contributed by atoms with Crippen molar-refractivity contribution in [3.05, 3.63) is 42.0 Å². The average molecular weight is 526 g/mol. The van der Waals surface area contributed by atoms with Crippen LogP contribution in [0.3, 0.4) is 0 Å². The molecule has 3 rings (SSSR count). The van der Waals surface area contributed by atoms with Crippen molar-refractivity contribution in [3.8, 4) is 28.4 Å². The van der Waals surface area contributed by atoms with E-state index >= 15 is 0 Å². The minimum atomic E-state index is -0.852. The van der Waals surface area contributed by atoms with Gasteiger partial charge in [0.25, 0.3) is 0 Å². The van der Waals surface area contributed by atoms with Crippen molar-refractivity contribution in [2.24, 2.45) is 0 Å². The lowest BCUT2D eigenvalue weighted by Crippen LogP contribution is -2.58. The number of carbonyl (C=O) groups is 3. The van der Waals surface area contributed by atoms with Crippen LogP contribution >= 0.6 is 0 Å². The maximum Gasteiger partial charge on any atom is 0.246 e. The first kappa shape index (κ1) is 28.8. The molecule has 1 saturated heterocycles. The first-order valence-electron chi connectivity index (χ1n) is 13.1. The van der Waals surface area contributed by atoms with Crippen LogP contribution in [0.25, 0.3) is 11.1 Å². The third kappa shape index (κ3) is 7.63. The van der Waals surface area contributed by atoms with Crippen molar-refractivity contribution < 1.29 is 28.6 Å². The number of rotatable bonds is 14. The third-order valence-electron chi connectivity index (χ3n) is 6.60. The first-order chi connectivity index (χ1) is 18.4. The number of methoxy groups -OCH3 is 3. The summed E-state index contributed by atoms with van der Waals surface area (Å²) in [7, 11) is 4.70. The molecule has 2 N–H and O–H groups in total. The molecule has 9 nitrogen and oxygen atoms in total. The van der Waals surface area contributed by atoms with E-state index in [1.54, 1.807) is 21.3 Å². The molecule has 0 spiro atoms. The molecule has 0 aliphatic carbocycles. The lowest BCUT2D eigenvalue weighted by atomic mass is 10.0. The van der Waals surface area contributed by atoms with Crippen molar-refractivity contribution in [2.45, 2.75) is 58.0 Å². The number of amides is 3. The molecule has 1 aliphatic heterocycles. The summed E-state index contributed by atoms with van der Waals surface area (Å²) in [5.41, 5.74) is 2.69. The van der Waals surface area contributed by atoms with Crippen molar-refractivity contribution in [1.82, 2.24) is 15.5 Å². The van der Waals surface area contributed by atoms with E-state index in [0.29, 0.717) is 23.8 Å². The zero-order valence-corrected chi connectivity index (χ0v) is 22.8. The van der Waals surface area contributed by atoms with Gasteiger partial charge in [0.1, 0.15) is 6.04 Å². The highest BCUT2D eigenvalue weighted by Gasteiger charge is 2.34. The van der Waals surface area contributed by atoms with E-state index in [-0.39, 0.29) is 37.2 Å². The molecule has 2 aromatic carbocycles. The van der Waals surface area contributed by atoms with Crippen molar-refractivity contribution in [1.29, 1.82) is 0 Å². The lowest BCUT2D eigenvalue weighted by Gasteiger charge is -2.32. The van der Waals surface area contributed by atoms with Gasteiger partial charge in [-0.25, -0.2) is 0 Å². The minimum absolute atomic E-state index is 0.0387. The Hall–Kier alpha value is -3.75. The summed E-state index contributed by atoms with van der Waals surface area (Å²) >= 11 is 0. The second kappa shape index (κ2) is 14.3. The van der Waals surface area contributed by atoms with Crippen molar-refractivity contribution in [2.75, 3.05) is 34.4 Å². The van der Waals surface area contributed by atoms with Gasteiger partial charge in [0.2, 0.25) is 23.5 Å². The fraction of sp³-hybridized carbons (Fsp3) is 0.483. The van der Waals surface area contributed by atoms with Crippen LogP contribution in [0.4, 0.5) is 0 Å². The van der Waals surface area contributed by atoms with Crippen LogP contribution in [0.15, 0.2) is 36.4 Å². The summed E-state index contributed by atoms with van der Waals surface area (Å²) in [5, 5.41) is 5.53. The van der Waals surface area contributed by atoms with Crippen LogP contribution in [-0.2, 0) is 20.9 Å². The quantitative estimate of drug-likeness (QED) is 0.365. The Morgan fingerprint density at radius 3 is 2.21 bits per heavy atom. The number of carbonyl (C=O) groups excluding carboxylic acids is 3. The Morgan fingerprint density at radius 1 is 0.947 bits per heavy atom. The van der Waals surface area contributed by atoms with Gasteiger partial charge in [-0.15, -0.1) is 0 Å². The van der Waals surface area contributed by atoms with Crippen molar-refractivity contribution in [3.63, 3.8) is 0 Å². The molecule has 1 fully saturated rings. The smallest absolute Gasteiger partial charge is 0.246 e. The van der Waals surface area contributed by atoms with Gasteiger partial charge >= 0.3 is 0 Å². The monoisotopic (exact) mass is 525 g/mol. The number of hydrogen-bond donors (Lipinski definition) is 2. The molecule has 0 radical (unpaired) electrons. The van der Waals surface area contributed by atoms with Crippen LogP contribution in [0.2, 0.25) is 0 Å². The summed E-state index contributed by atoms with van der Waals surface area (Å²) in [5.74, 6) is 0.889. The molecule has 206 valence electrons. The molecule has 1 aliphatic rings. The molecule has 2 aromatic rings. The average Bonchev–Trinajstić information content (AvgIpc) is 2.92. The summed E-state index contributed by atoms with van der Waals surface area (Å²) in [4.78, 5) is 39.2. The SMILES string of the molecule is CCCCCCCNC(=O)CC1NC(=O)CN(Cc2ccc(-c3cc(OC)c(OC)c(OC)c3)cc2)C1=O. The maximum absolute atomic E-state index is 13.0. The number of benzene rings is 2. The van der Waals surface area contributed by atoms with Gasteiger partial charge in [-0.05, 0) is 35.2 Å². The zero-order chi connectivity index (χ0) is 27.5. The minimum Gasteiger partial charge on any atom is -0.493 e. The van der Waals surface area contributed by atoms with Crippen molar-refractivity contribution >= 4 is 17.7 Å². The predicted octanol–water partition coefficient (Wildman–Crippen LogP) is 3.68. The number of nitrogens with one attached hydrogen (secondary N) is 2. The van der Waals surface area contributed by atoms with E-state index in [1.807, 2.05) is 36.4 Å². The van der Waals surface area contributed by atoms with Gasteiger partial charge in [-0.3, -0.25) is 14.4 Å². The molecule has 38 heavy (non-hydrogen) atoms. The molecule has 1 unspecified atom stereocenters. The summed E-state index contributed by atoms with van der Waals surface area (Å²) in [6.07, 6.45) is 5.44. The van der Waals surface area contributed by atoms with Gasteiger partial charge in [0.15, 0.2) is 11.5 Å². The molecular formula is C29H39N3O6. The van der Waals surface area contributed by atoms with Crippen LogP contribution in [-0.4, -0.2) is 63.1 Å². The molecular weight excluding hydrogens is 486 g/mol. The third-order valence-corrected chi connectivity index (χ3v) is 6.60. The molecule has 1 heterocycles. The summed E-state index contributed by atoms with van der Waals surface area (Å²) in [6.45, 7) is 2.98. The first-order valence-corrected chi connectivity index (χ1v) is 13.1. The number of piperazine rings is 1. The Kier molecular flexibility index (Phi) is 10.8. The predicted molar refractivity (Wildman–Crippen MR) is 145 cm³/mol. The fourth-order valence-electron chi connectivity index (χ4n) is 4.53. The highest BCUT2D eigenvalue weighted by Crippen LogP contribution is 2.41. The van der Waals surface area contributed by atoms with Gasteiger partial charge in [0.05, 0.1) is 34.3 Å². The van der Waals surface area contributed by atoms with Gasteiger partial charge in [-0.1, -0.05) is 56.9 Å². The molecule has 9 heteroatoms. The van der Waals surface area contributed by atoms with E-state index in [1.165, 1.54) is 17.7 Å². The molecule has 3 amide bonds. The van der Waals surface area contributed by atoms with E-state index in [0.717, 1.165) is 36.0 Å². The van der Waals surface area contributed by atoms with Gasteiger partial charge in [-0.2, -0.15) is 0 Å². The largest absolute Gasteiger partial charge is 0.493 e. The zero-order valence-electron chi connectivity index (χ0n) is 22.8. The molecule has 1 atom stereocenters. The Balaban J connectivity index is 1.61. The van der Waals surface area contributed by atoms with E-state index in [9.17, 15) is 14.4 Å². The Morgan fingerprint density at radius 2 is 1.61 bits per heavy atom. The Bertz CT molecular complexity index is 1080. The number of hydrogen-bond acceptors (Lipinski definition) is 6. The number of unbranched alkanes of at least 4 members (excludes halogenated alkanes) is 4. The standard InChI is InChI=1S/C29H39N3O6/c1-5-6-7-8-9-14-30-26(33)17-23-29(35)32(19-27(34)31-23)18-20-10-12-21(13-11-20)22-15-24(36-2)28(38-4)25(16-22)37-3/h10-13,15-16,23H,5-9,14,17-19H2,1-4H3,(H,30,33)(H,31,34). The number of nitrogens with zero attached hydrogens (tertiary/aromatic N) is 1. The van der Waals surface area contributed by atoms with Crippen LogP contribution < -0.4 is 24.8 Å².